The van der Waals surface area contributed by atoms with Gasteiger partial charge in [-0.3, -0.25) is 4.98 Å². The molecule has 0 unspecified atom stereocenters. The van der Waals surface area contributed by atoms with Crippen LogP contribution < -0.4 is 5.32 Å². The van der Waals surface area contributed by atoms with Crippen molar-refractivity contribution in [2.45, 2.75) is 0 Å². The zero-order valence-electron chi connectivity index (χ0n) is 8.48. The zero-order valence-corrected chi connectivity index (χ0v) is 9.42. The van der Waals surface area contributed by atoms with E-state index in [0.29, 0.717) is 5.52 Å². The molecule has 5 nitrogen and oxygen atoms in total. The fourth-order valence-corrected chi connectivity index (χ4v) is 1.11. The third-order valence-electron chi connectivity index (χ3n) is 1.71. The monoisotopic (exact) mass is 279 g/mol. The van der Waals surface area contributed by atoms with E-state index in [0.717, 1.165) is 18.2 Å². The summed E-state index contributed by atoms with van der Waals surface area (Å²) in [6.07, 6.45) is 3.86. The molecule has 91 valence electrons. The van der Waals surface area contributed by atoms with Gasteiger partial charge in [0.2, 0.25) is 0 Å². The number of rotatable bonds is 2. The predicted molar refractivity (Wildman–Crippen MR) is 57.9 cm³/mol. The number of benzene rings is 1. The topological polar surface area (TPSA) is 79.3 Å². The van der Waals surface area contributed by atoms with E-state index in [9.17, 15) is 5.11 Å². The van der Waals surface area contributed by atoms with Gasteiger partial charge in [0.05, 0.1) is 0 Å². The largest absolute Gasteiger partial charge is 2.00 e. The summed E-state index contributed by atoms with van der Waals surface area (Å²) in [5.41, 5.74) is 0.662. The molecule has 1 aromatic carbocycles. The summed E-state index contributed by atoms with van der Waals surface area (Å²) < 4.78 is 0. The minimum Gasteiger partial charge on any atom is -0.649 e. The van der Waals surface area contributed by atoms with Gasteiger partial charge in [-0.25, -0.2) is 0 Å². The Morgan fingerprint density at radius 3 is 2.29 bits per heavy atom. The van der Waals surface area contributed by atoms with E-state index in [4.69, 9.17) is 9.59 Å². The SMILES string of the molecule is O=[C-]N[C-]=O.Oc1cccc2cccnc12.[Cu+2]. The van der Waals surface area contributed by atoms with Gasteiger partial charge in [0, 0.05) is 11.6 Å². The number of aromatic nitrogens is 1. The third-order valence-corrected chi connectivity index (χ3v) is 1.71. The fourth-order valence-electron chi connectivity index (χ4n) is 1.11. The molecule has 0 atom stereocenters. The van der Waals surface area contributed by atoms with Crippen LogP contribution in [0.5, 0.6) is 5.75 Å². The molecule has 6 heteroatoms. The smallest absolute Gasteiger partial charge is 0.649 e. The van der Waals surface area contributed by atoms with Crippen molar-refractivity contribution >= 4 is 23.7 Å². The van der Waals surface area contributed by atoms with Gasteiger partial charge in [0.25, 0.3) is 0 Å². The molecule has 2 aromatic rings. The first-order chi connectivity index (χ1) is 7.79. The van der Waals surface area contributed by atoms with Crippen LogP contribution in [-0.4, -0.2) is 22.9 Å². The number of carbonyl (C=O) groups excluding carboxylic acids is 2. The standard InChI is InChI=1S/C9H7NO.C2HNO2.Cu/c11-8-5-1-3-7-4-2-6-10-9(7)8;4-1-3-2-5;/h1-6,11H;(H,3,4,5);/q;-2;+2. The first-order valence-electron chi connectivity index (χ1n) is 4.31. The second kappa shape index (κ2) is 8.27. The second-order valence-electron chi connectivity index (χ2n) is 2.68. The first kappa shape index (κ1) is 15.1. The predicted octanol–water partition coefficient (Wildman–Crippen LogP) is 0.648. The Labute approximate surface area is 108 Å². The van der Waals surface area contributed by atoms with Crippen molar-refractivity contribution in [2.24, 2.45) is 0 Å². The molecule has 0 saturated carbocycles. The van der Waals surface area contributed by atoms with E-state index in [2.05, 4.69) is 4.98 Å². The maximum absolute atomic E-state index is 9.31. The van der Waals surface area contributed by atoms with Crippen molar-refractivity contribution in [1.82, 2.24) is 10.3 Å². The fraction of sp³-hybridized carbons (Fsp3) is 0. The van der Waals surface area contributed by atoms with Crippen LogP contribution in [-0.2, 0) is 26.7 Å². The number of nitrogens with one attached hydrogen (secondary N) is 1. The van der Waals surface area contributed by atoms with Crippen LogP contribution in [0.1, 0.15) is 0 Å². The molecule has 1 radical (unpaired) electrons. The minimum absolute atomic E-state index is 0. The van der Waals surface area contributed by atoms with Crippen LogP contribution in [0.25, 0.3) is 10.9 Å². The van der Waals surface area contributed by atoms with Crippen molar-refractivity contribution < 1.29 is 31.8 Å². The summed E-state index contributed by atoms with van der Waals surface area (Å²) in [6, 6.07) is 9.13. The number of fused-ring (bicyclic) bond motifs is 1. The van der Waals surface area contributed by atoms with Gasteiger partial charge < -0.3 is 20.0 Å². The molecule has 1 heterocycles. The van der Waals surface area contributed by atoms with Gasteiger partial charge in [-0.1, -0.05) is 18.2 Å². The van der Waals surface area contributed by atoms with E-state index in [-0.39, 0.29) is 22.8 Å². The van der Waals surface area contributed by atoms with Crippen molar-refractivity contribution in [3.05, 3.63) is 36.5 Å². The first-order valence-corrected chi connectivity index (χ1v) is 4.31. The number of phenolic OH excluding ortho intramolecular Hbond substituents is 1. The van der Waals surface area contributed by atoms with Crippen molar-refractivity contribution in [2.75, 3.05) is 0 Å². The minimum atomic E-state index is 0. The molecule has 2 N–H and O–H groups in total. The Hall–Kier alpha value is -1.91. The summed E-state index contributed by atoms with van der Waals surface area (Å²) in [5.74, 6) is 0.239. The van der Waals surface area contributed by atoms with Crippen LogP contribution in [0, 0.1) is 0 Å². The number of hydrogen-bond donors (Lipinski definition) is 2. The quantitative estimate of drug-likeness (QED) is 0.481. The van der Waals surface area contributed by atoms with Gasteiger partial charge >= 0.3 is 17.1 Å². The normalized spacial score (nSPS) is 8.24. The molecule has 2 amide bonds. The molecule has 0 aliphatic carbocycles. The Kier molecular flexibility index (Phi) is 7.34. The maximum atomic E-state index is 9.31. The van der Waals surface area contributed by atoms with E-state index in [1.807, 2.05) is 18.2 Å². The zero-order chi connectivity index (χ0) is 11.8. The van der Waals surface area contributed by atoms with Crippen LogP contribution in [0.15, 0.2) is 36.5 Å². The van der Waals surface area contributed by atoms with E-state index in [1.54, 1.807) is 18.3 Å². The van der Waals surface area contributed by atoms with E-state index >= 15 is 0 Å². The van der Waals surface area contributed by atoms with E-state index in [1.165, 1.54) is 5.32 Å². The average molecular weight is 280 g/mol. The van der Waals surface area contributed by atoms with Gasteiger partial charge in [0.15, 0.2) is 0 Å². The molecular weight excluding hydrogens is 272 g/mol. The molecule has 0 fully saturated rings. The summed E-state index contributed by atoms with van der Waals surface area (Å²) >= 11 is 0. The van der Waals surface area contributed by atoms with Crippen molar-refractivity contribution in [3.63, 3.8) is 0 Å². The number of para-hydroxylation sites is 1. The number of pyridine rings is 1. The van der Waals surface area contributed by atoms with E-state index < -0.39 is 0 Å². The molecule has 2 rings (SSSR count). The maximum Gasteiger partial charge on any atom is 2.00 e. The number of aromatic hydroxyl groups is 1. The average Bonchev–Trinajstić information content (AvgIpc) is 2.32. The Bertz CT molecular complexity index is 480. The molecule has 17 heavy (non-hydrogen) atoms. The molecule has 0 bridgehead atoms. The molecule has 0 saturated heterocycles. The van der Waals surface area contributed by atoms with Crippen LogP contribution >= 0.6 is 0 Å². The third kappa shape index (κ3) is 4.63. The van der Waals surface area contributed by atoms with Crippen LogP contribution in [0.2, 0.25) is 0 Å². The number of phenols is 1. The number of amides is 2. The van der Waals surface area contributed by atoms with Crippen LogP contribution in [0.3, 0.4) is 0 Å². The summed E-state index contributed by atoms with van der Waals surface area (Å²) in [6.45, 7) is 0. The van der Waals surface area contributed by atoms with Gasteiger partial charge in [-0.2, -0.15) is 12.8 Å². The van der Waals surface area contributed by atoms with Crippen molar-refractivity contribution in [3.8, 4) is 5.75 Å². The van der Waals surface area contributed by atoms with Gasteiger partial charge in [-0.15, -0.1) is 0 Å². The Balaban J connectivity index is 0.000000373. The Morgan fingerprint density at radius 1 is 1.12 bits per heavy atom. The van der Waals surface area contributed by atoms with Crippen LogP contribution in [0.4, 0.5) is 0 Å². The van der Waals surface area contributed by atoms with Crippen molar-refractivity contribution in [1.29, 1.82) is 0 Å². The summed E-state index contributed by atoms with van der Waals surface area (Å²) in [4.78, 5) is 21.8. The van der Waals surface area contributed by atoms with Gasteiger partial charge in [0.1, 0.15) is 11.3 Å². The molecule has 0 aliphatic heterocycles. The molecular formula is C11H8CuN2O3. The number of nitrogens with zero attached hydrogens (tertiary/aromatic N) is 1. The molecule has 0 spiro atoms. The summed E-state index contributed by atoms with van der Waals surface area (Å²) in [5, 5.41) is 11.8. The molecule has 0 aliphatic rings. The Morgan fingerprint density at radius 2 is 1.76 bits per heavy atom. The second-order valence-corrected chi connectivity index (χ2v) is 2.68. The van der Waals surface area contributed by atoms with Gasteiger partial charge in [-0.05, 0) is 12.1 Å². The summed E-state index contributed by atoms with van der Waals surface area (Å²) in [7, 11) is 0. The number of imide groups is 1. The molecule has 1 aromatic heterocycles. The number of hydrogen-bond acceptors (Lipinski definition) is 4.